The lowest BCUT2D eigenvalue weighted by Crippen LogP contribution is -2.12. The van der Waals surface area contributed by atoms with Crippen LogP contribution < -0.4 is 5.73 Å². The maximum Gasteiger partial charge on any atom is 0.267 e. The fourth-order valence-corrected chi connectivity index (χ4v) is 1.60. The predicted molar refractivity (Wildman–Crippen MR) is 59.7 cm³/mol. The first-order valence-corrected chi connectivity index (χ1v) is 4.76. The minimum atomic E-state index is -0.491. The molecule has 1 aromatic carbocycles. The largest absolute Gasteiger partial charge is 0.364 e. The van der Waals surface area contributed by atoms with Gasteiger partial charge in [-0.2, -0.15) is 0 Å². The Morgan fingerprint density at radius 2 is 1.93 bits per heavy atom. The van der Waals surface area contributed by atoms with Gasteiger partial charge in [-0.25, -0.2) is 4.98 Å². The Kier molecular flexibility index (Phi) is 2.15. The second-order valence-electron chi connectivity index (χ2n) is 3.63. The summed E-state index contributed by atoms with van der Waals surface area (Å²) in [5.41, 5.74) is 8.71. The van der Waals surface area contributed by atoms with Crippen molar-refractivity contribution >= 4 is 16.8 Å². The van der Waals surface area contributed by atoms with Crippen LogP contribution in [0.3, 0.4) is 0 Å². The number of hydrogen-bond donors (Lipinski definition) is 1. The number of nitrogens with two attached hydrogens (primary N) is 1. The number of amides is 1. The van der Waals surface area contributed by atoms with Gasteiger partial charge in [0.1, 0.15) is 5.69 Å². The Balaban J connectivity index is 2.75. The van der Waals surface area contributed by atoms with Gasteiger partial charge < -0.3 is 5.73 Å². The highest BCUT2D eigenvalue weighted by Gasteiger charge is 2.05. The van der Waals surface area contributed by atoms with Crippen molar-refractivity contribution in [2.45, 2.75) is 13.8 Å². The zero-order valence-electron chi connectivity index (χ0n) is 8.74. The molecule has 0 saturated carbocycles. The van der Waals surface area contributed by atoms with Crippen LogP contribution in [-0.4, -0.2) is 10.9 Å². The molecule has 1 amide bonds. The highest BCUT2D eigenvalue weighted by Crippen LogP contribution is 2.19. The van der Waals surface area contributed by atoms with Gasteiger partial charge in [0.05, 0.1) is 5.52 Å². The first-order chi connectivity index (χ1) is 7.09. The van der Waals surface area contributed by atoms with E-state index >= 15 is 0 Å². The SMILES string of the molecule is Cc1ccc2nc(C(N)=O)ccc2c1C. The average Bonchev–Trinajstić information content (AvgIpc) is 2.23. The van der Waals surface area contributed by atoms with E-state index in [1.54, 1.807) is 6.07 Å². The fourth-order valence-electron chi connectivity index (χ4n) is 1.60. The Labute approximate surface area is 87.9 Å². The van der Waals surface area contributed by atoms with E-state index in [9.17, 15) is 4.79 Å². The van der Waals surface area contributed by atoms with Crippen LogP contribution in [0.2, 0.25) is 0 Å². The summed E-state index contributed by atoms with van der Waals surface area (Å²) in [4.78, 5) is 15.2. The van der Waals surface area contributed by atoms with E-state index in [-0.39, 0.29) is 0 Å². The molecule has 3 heteroatoms. The second kappa shape index (κ2) is 3.35. The van der Waals surface area contributed by atoms with Gasteiger partial charge in [-0.05, 0) is 37.1 Å². The molecule has 0 aliphatic carbocycles. The number of rotatable bonds is 1. The number of nitrogens with zero attached hydrogens (tertiary/aromatic N) is 1. The molecule has 0 atom stereocenters. The van der Waals surface area contributed by atoms with Crippen molar-refractivity contribution in [1.29, 1.82) is 0 Å². The Bertz CT molecular complexity index is 547. The van der Waals surface area contributed by atoms with E-state index in [1.165, 1.54) is 11.1 Å². The van der Waals surface area contributed by atoms with Gasteiger partial charge in [0, 0.05) is 5.39 Å². The summed E-state index contributed by atoms with van der Waals surface area (Å²) in [7, 11) is 0. The average molecular weight is 200 g/mol. The van der Waals surface area contributed by atoms with E-state index < -0.39 is 5.91 Å². The van der Waals surface area contributed by atoms with Crippen LogP contribution in [-0.2, 0) is 0 Å². The summed E-state index contributed by atoms with van der Waals surface area (Å²) in [6.07, 6.45) is 0. The molecule has 0 fully saturated rings. The van der Waals surface area contributed by atoms with E-state index in [1.807, 2.05) is 25.1 Å². The smallest absolute Gasteiger partial charge is 0.267 e. The number of fused-ring (bicyclic) bond motifs is 1. The Hall–Kier alpha value is -1.90. The molecule has 0 saturated heterocycles. The fraction of sp³-hybridized carbons (Fsp3) is 0.167. The molecule has 3 nitrogen and oxygen atoms in total. The van der Waals surface area contributed by atoms with Crippen LogP contribution in [0.15, 0.2) is 24.3 Å². The third-order valence-corrected chi connectivity index (χ3v) is 2.66. The van der Waals surface area contributed by atoms with Crippen molar-refractivity contribution in [2.75, 3.05) is 0 Å². The number of primary amides is 1. The third kappa shape index (κ3) is 1.56. The quantitative estimate of drug-likeness (QED) is 0.764. The molecule has 15 heavy (non-hydrogen) atoms. The number of aryl methyl sites for hydroxylation is 2. The normalized spacial score (nSPS) is 10.5. The standard InChI is InChI=1S/C12H12N2O/c1-7-3-5-10-9(8(7)2)4-6-11(14-10)12(13)15/h3-6H,1-2H3,(H2,13,15). The second-order valence-corrected chi connectivity index (χ2v) is 3.63. The zero-order chi connectivity index (χ0) is 11.0. The van der Waals surface area contributed by atoms with Gasteiger partial charge in [-0.15, -0.1) is 0 Å². The lowest BCUT2D eigenvalue weighted by atomic mass is 10.0. The molecule has 1 heterocycles. The summed E-state index contributed by atoms with van der Waals surface area (Å²) in [6.45, 7) is 4.10. The maximum atomic E-state index is 11.0. The zero-order valence-corrected chi connectivity index (χ0v) is 8.74. The minimum Gasteiger partial charge on any atom is -0.364 e. The van der Waals surface area contributed by atoms with E-state index in [2.05, 4.69) is 11.9 Å². The van der Waals surface area contributed by atoms with Gasteiger partial charge in [0.2, 0.25) is 0 Å². The summed E-state index contributed by atoms with van der Waals surface area (Å²) in [6, 6.07) is 7.46. The van der Waals surface area contributed by atoms with Gasteiger partial charge in [0.25, 0.3) is 5.91 Å². The van der Waals surface area contributed by atoms with Crippen molar-refractivity contribution in [3.8, 4) is 0 Å². The minimum absolute atomic E-state index is 0.311. The highest BCUT2D eigenvalue weighted by atomic mass is 16.1. The molecule has 2 rings (SSSR count). The lowest BCUT2D eigenvalue weighted by Gasteiger charge is -2.05. The molecule has 2 N–H and O–H groups in total. The molecular formula is C12H12N2O. The van der Waals surface area contributed by atoms with Gasteiger partial charge in [0.15, 0.2) is 0 Å². The van der Waals surface area contributed by atoms with Crippen LogP contribution in [0.4, 0.5) is 0 Å². The van der Waals surface area contributed by atoms with Crippen molar-refractivity contribution in [3.05, 3.63) is 41.1 Å². The van der Waals surface area contributed by atoms with Crippen LogP contribution in [0.1, 0.15) is 21.6 Å². The molecule has 0 radical (unpaired) electrons. The summed E-state index contributed by atoms with van der Waals surface area (Å²) >= 11 is 0. The molecular weight excluding hydrogens is 188 g/mol. The lowest BCUT2D eigenvalue weighted by molar-refractivity contribution is 0.0996. The summed E-state index contributed by atoms with van der Waals surface area (Å²) in [5.74, 6) is -0.491. The number of carbonyl (C=O) groups excluding carboxylic acids is 1. The first-order valence-electron chi connectivity index (χ1n) is 4.76. The number of carbonyl (C=O) groups is 1. The topological polar surface area (TPSA) is 56.0 Å². The third-order valence-electron chi connectivity index (χ3n) is 2.66. The molecule has 2 aromatic rings. The number of benzene rings is 1. The van der Waals surface area contributed by atoms with E-state index in [0.717, 1.165) is 10.9 Å². The number of hydrogen-bond acceptors (Lipinski definition) is 2. The van der Waals surface area contributed by atoms with Gasteiger partial charge in [-0.3, -0.25) is 4.79 Å². The summed E-state index contributed by atoms with van der Waals surface area (Å²) < 4.78 is 0. The molecule has 0 aliphatic heterocycles. The van der Waals surface area contributed by atoms with Crippen molar-refractivity contribution in [1.82, 2.24) is 4.98 Å². The first kappa shape index (κ1) is 9.65. The van der Waals surface area contributed by atoms with Crippen molar-refractivity contribution in [2.24, 2.45) is 5.73 Å². The van der Waals surface area contributed by atoms with E-state index in [4.69, 9.17) is 5.73 Å². The van der Waals surface area contributed by atoms with E-state index in [0.29, 0.717) is 5.69 Å². The summed E-state index contributed by atoms with van der Waals surface area (Å²) in [5, 5.41) is 1.07. The maximum absolute atomic E-state index is 11.0. The Morgan fingerprint density at radius 3 is 2.60 bits per heavy atom. The molecule has 0 aliphatic rings. The molecule has 0 unspecified atom stereocenters. The molecule has 76 valence electrons. The van der Waals surface area contributed by atoms with Gasteiger partial charge in [-0.1, -0.05) is 12.1 Å². The highest BCUT2D eigenvalue weighted by molar-refractivity contribution is 5.94. The number of pyridine rings is 1. The van der Waals surface area contributed by atoms with Crippen LogP contribution >= 0.6 is 0 Å². The molecule has 1 aromatic heterocycles. The Morgan fingerprint density at radius 1 is 1.20 bits per heavy atom. The van der Waals surface area contributed by atoms with Crippen molar-refractivity contribution < 1.29 is 4.79 Å². The number of aromatic nitrogens is 1. The monoisotopic (exact) mass is 200 g/mol. The van der Waals surface area contributed by atoms with Crippen LogP contribution in [0.25, 0.3) is 10.9 Å². The van der Waals surface area contributed by atoms with Crippen molar-refractivity contribution in [3.63, 3.8) is 0 Å². The molecule has 0 bridgehead atoms. The van der Waals surface area contributed by atoms with Gasteiger partial charge >= 0.3 is 0 Å². The molecule has 0 spiro atoms. The van der Waals surface area contributed by atoms with Crippen LogP contribution in [0.5, 0.6) is 0 Å². The predicted octanol–water partition coefficient (Wildman–Crippen LogP) is 1.95. The van der Waals surface area contributed by atoms with Crippen LogP contribution in [0, 0.1) is 13.8 Å².